The van der Waals surface area contributed by atoms with Crippen molar-refractivity contribution in [2.75, 3.05) is 18.0 Å². The van der Waals surface area contributed by atoms with Gasteiger partial charge >= 0.3 is 6.03 Å². The van der Waals surface area contributed by atoms with Crippen molar-refractivity contribution in [3.05, 3.63) is 64.7 Å². The van der Waals surface area contributed by atoms with Gasteiger partial charge in [0.05, 0.1) is 23.6 Å². The van der Waals surface area contributed by atoms with E-state index in [0.29, 0.717) is 48.7 Å². The molecule has 1 aliphatic heterocycles. The van der Waals surface area contributed by atoms with E-state index in [1.165, 1.54) is 10.5 Å². The van der Waals surface area contributed by atoms with E-state index >= 15 is 0 Å². The Morgan fingerprint density at radius 2 is 1.64 bits per heavy atom. The van der Waals surface area contributed by atoms with Crippen LogP contribution in [0.1, 0.15) is 71.5 Å². The fraction of sp³-hybridized carbons (Fsp3) is 0.429. The lowest BCUT2D eigenvalue weighted by atomic mass is 9.82. The summed E-state index contributed by atoms with van der Waals surface area (Å²) in [5, 5.41) is 9.01. The van der Waals surface area contributed by atoms with Crippen molar-refractivity contribution in [1.29, 1.82) is 5.26 Å². The molecule has 1 saturated carbocycles. The highest BCUT2D eigenvalue weighted by Crippen LogP contribution is 2.34. The van der Waals surface area contributed by atoms with Crippen LogP contribution in [0.4, 0.5) is 10.5 Å². The summed E-state index contributed by atoms with van der Waals surface area (Å²) in [6.07, 6.45) is 4.70. The molecule has 2 fully saturated rings. The number of nitrogens with two attached hydrogens (primary N) is 2. The Hall–Kier alpha value is -3.86. The minimum absolute atomic E-state index is 0.0888. The first-order valence-electron chi connectivity index (χ1n) is 12.6. The van der Waals surface area contributed by atoms with Crippen LogP contribution in [0.15, 0.2) is 42.5 Å². The Kier molecular flexibility index (Phi) is 7.58. The van der Waals surface area contributed by atoms with Crippen molar-refractivity contribution in [2.45, 2.75) is 57.4 Å². The number of amides is 4. The SMILES string of the molecule is Cc1ccc(C(=O)N2CCC(c3ccc(C#N)cc3)CC2)cc1N(C(N)=O)C1CCCC[C@@H]1C(N)=O. The molecule has 2 aliphatic rings. The van der Waals surface area contributed by atoms with Crippen LogP contribution < -0.4 is 16.4 Å². The Labute approximate surface area is 211 Å². The van der Waals surface area contributed by atoms with Crippen LogP contribution in [-0.2, 0) is 4.79 Å². The Morgan fingerprint density at radius 1 is 0.972 bits per heavy atom. The summed E-state index contributed by atoms with van der Waals surface area (Å²) >= 11 is 0. The van der Waals surface area contributed by atoms with Crippen LogP contribution in [0.5, 0.6) is 0 Å². The molecule has 1 saturated heterocycles. The lowest BCUT2D eigenvalue weighted by molar-refractivity contribution is -0.123. The summed E-state index contributed by atoms with van der Waals surface area (Å²) in [5.74, 6) is -0.640. The highest BCUT2D eigenvalue weighted by molar-refractivity contribution is 5.98. The fourth-order valence-corrected chi connectivity index (χ4v) is 5.64. The van der Waals surface area contributed by atoms with Crippen LogP contribution in [0.3, 0.4) is 0 Å². The summed E-state index contributed by atoms with van der Waals surface area (Å²) in [6.45, 7) is 3.11. The first-order chi connectivity index (χ1) is 17.3. The molecule has 1 aliphatic carbocycles. The first-order valence-corrected chi connectivity index (χ1v) is 12.6. The molecule has 4 amide bonds. The summed E-state index contributed by atoms with van der Waals surface area (Å²) in [4.78, 5) is 41.4. The number of nitrogens with zero attached hydrogens (tertiary/aromatic N) is 3. The normalized spacial score (nSPS) is 20.4. The third kappa shape index (κ3) is 5.20. The van der Waals surface area contributed by atoms with E-state index in [1.54, 1.807) is 12.1 Å². The van der Waals surface area contributed by atoms with Crippen LogP contribution in [-0.4, -0.2) is 41.9 Å². The molecule has 0 bridgehead atoms. The van der Waals surface area contributed by atoms with Gasteiger partial charge in [0, 0.05) is 24.3 Å². The number of hydrogen-bond acceptors (Lipinski definition) is 4. The van der Waals surface area contributed by atoms with E-state index in [-0.39, 0.29) is 5.91 Å². The van der Waals surface area contributed by atoms with Gasteiger partial charge in [0.15, 0.2) is 0 Å². The largest absolute Gasteiger partial charge is 0.369 e. The number of primary amides is 2. The molecule has 1 heterocycles. The number of anilines is 1. The number of aryl methyl sites for hydroxylation is 1. The highest BCUT2D eigenvalue weighted by atomic mass is 16.2. The molecular formula is C28H33N5O3. The quantitative estimate of drug-likeness (QED) is 0.663. The molecule has 8 heteroatoms. The van der Waals surface area contributed by atoms with Crippen LogP contribution in [0.25, 0.3) is 0 Å². The molecule has 8 nitrogen and oxygen atoms in total. The highest BCUT2D eigenvalue weighted by Gasteiger charge is 2.37. The van der Waals surface area contributed by atoms with Crippen LogP contribution >= 0.6 is 0 Å². The van der Waals surface area contributed by atoms with Crippen LogP contribution in [0.2, 0.25) is 0 Å². The lowest BCUT2D eigenvalue weighted by Gasteiger charge is -2.38. The van der Waals surface area contributed by atoms with E-state index in [1.807, 2.05) is 42.2 Å². The fourth-order valence-electron chi connectivity index (χ4n) is 5.64. The van der Waals surface area contributed by atoms with E-state index in [9.17, 15) is 14.4 Å². The van der Waals surface area contributed by atoms with Gasteiger partial charge in [0.2, 0.25) is 5.91 Å². The summed E-state index contributed by atoms with van der Waals surface area (Å²) in [7, 11) is 0. The van der Waals surface area contributed by atoms with E-state index < -0.39 is 23.9 Å². The second-order valence-electron chi connectivity index (χ2n) is 9.87. The van der Waals surface area contributed by atoms with Gasteiger partial charge in [-0.2, -0.15) is 5.26 Å². The maximum Gasteiger partial charge on any atom is 0.319 e. The predicted molar refractivity (Wildman–Crippen MR) is 137 cm³/mol. The zero-order valence-electron chi connectivity index (χ0n) is 20.7. The second kappa shape index (κ2) is 10.8. The van der Waals surface area contributed by atoms with Crippen molar-refractivity contribution in [3.8, 4) is 6.07 Å². The molecule has 1 unspecified atom stereocenters. The van der Waals surface area contributed by atoms with E-state index in [0.717, 1.165) is 31.2 Å². The Balaban J connectivity index is 1.52. The standard InChI is InChI=1S/C28H33N5O3/c1-18-6-9-22(16-25(18)33(28(31)36)24-5-3-2-4-23(24)26(30)34)27(35)32-14-12-21(13-15-32)20-10-7-19(17-29)8-11-20/h6-11,16,21,23-24H,2-5,12-15H2,1H3,(H2,30,34)(H2,31,36)/t23-,24?/m0/s1. The molecule has 2 atom stereocenters. The first kappa shape index (κ1) is 25.2. The van der Waals surface area contributed by atoms with Gasteiger partial charge in [-0.15, -0.1) is 0 Å². The molecule has 2 aromatic carbocycles. The minimum Gasteiger partial charge on any atom is -0.369 e. The molecule has 0 spiro atoms. The van der Waals surface area contributed by atoms with E-state index in [4.69, 9.17) is 16.7 Å². The number of nitriles is 1. The molecule has 2 aromatic rings. The van der Waals surface area contributed by atoms with Crippen molar-refractivity contribution in [3.63, 3.8) is 0 Å². The smallest absolute Gasteiger partial charge is 0.319 e. The van der Waals surface area contributed by atoms with Crippen LogP contribution in [0, 0.1) is 24.2 Å². The third-order valence-corrected chi connectivity index (χ3v) is 7.67. The summed E-state index contributed by atoms with van der Waals surface area (Å²) in [6, 6.07) is 14.1. The van der Waals surface area contributed by atoms with Gasteiger partial charge < -0.3 is 16.4 Å². The third-order valence-electron chi connectivity index (χ3n) is 7.67. The van der Waals surface area contributed by atoms with Crippen molar-refractivity contribution < 1.29 is 14.4 Å². The van der Waals surface area contributed by atoms with Crippen molar-refractivity contribution in [2.24, 2.45) is 17.4 Å². The van der Waals surface area contributed by atoms with E-state index in [2.05, 4.69) is 6.07 Å². The number of piperidine rings is 1. The number of carbonyl (C=O) groups excluding carboxylic acids is 3. The molecule has 188 valence electrons. The predicted octanol–water partition coefficient (Wildman–Crippen LogP) is 3.82. The monoisotopic (exact) mass is 487 g/mol. The molecule has 4 rings (SSSR count). The van der Waals surface area contributed by atoms with Crippen molar-refractivity contribution in [1.82, 2.24) is 4.90 Å². The maximum atomic E-state index is 13.4. The number of urea groups is 1. The lowest BCUT2D eigenvalue weighted by Crippen LogP contribution is -2.52. The number of likely N-dealkylation sites (tertiary alicyclic amines) is 1. The Morgan fingerprint density at radius 3 is 2.25 bits per heavy atom. The van der Waals surface area contributed by atoms with Gasteiger partial charge in [0.25, 0.3) is 5.91 Å². The minimum atomic E-state index is -0.649. The Bertz CT molecular complexity index is 1180. The molecule has 4 N–H and O–H groups in total. The number of carbonyl (C=O) groups is 3. The summed E-state index contributed by atoms with van der Waals surface area (Å²) < 4.78 is 0. The van der Waals surface area contributed by atoms with Crippen molar-refractivity contribution >= 4 is 23.5 Å². The zero-order chi connectivity index (χ0) is 25.8. The van der Waals surface area contributed by atoms with Gasteiger partial charge in [-0.25, -0.2) is 4.79 Å². The zero-order valence-corrected chi connectivity index (χ0v) is 20.7. The molecule has 0 radical (unpaired) electrons. The topological polar surface area (TPSA) is 134 Å². The average Bonchev–Trinajstić information content (AvgIpc) is 2.89. The molecular weight excluding hydrogens is 454 g/mol. The molecule has 36 heavy (non-hydrogen) atoms. The second-order valence-corrected chi connectivity index (χ2v) is 9.87. The average molecular weight is 488 g/mol. The number of hydrogen-bond donors (Lipinski definition) is 2. The number of benzene rings is 2. The molecule has 0 aromatic heterocycles. The van der Waals surface area contributed by atoms with Gasteiger partial charge in [-0.1, -0.05) is 31.0 Å². The van der Waals surface area contributed by atoms with Gasteiger partial charge in [-0.3, -0.25) is 14.5 Å². The maximum absolute atomic E-state index is 13.4. The van der Waals surface area contributed by atoms with Gasteiger partial charge in [0.1, 0.15) is 0 Å². The summed E-state index contributed by atoms with van der Waals surface area (Å²) in [5.41, 5.74) is 15.2. The van der Waals surface area contributed by atoms with Gasteiger partial charge in [-0.05, 0) is 73.9 Å². The number of rotatable bonds is 5.